The second-order valence-electron chi connectivity index (χ2n) is 4.38. The number of rotatable bonds is 3. The third-order valence-electron chi connectivity index (χ3n) is 3.06. The van der Waals surface area contributed by atoms with E-state index in [1.54, 1.807) is 35.0 Å². The maximum absolute atomic E-state index is 9.47. The number of hydrogen-bond donors (Lipinski definition) is 1. The highest BCUT2D eigenvalue weighted by Crippen LogP contribution is 2.28. The fourth-order valence-electron chi connectivity index (χ4n) is 2.09. The van der Waals surface area contributed by atoms with Crippen LogP contribution in [0.15, 0.2) is 41.6 Å². The summed E-state index contributed by atoms with van der Waals surface area (Å²) in [5, 5.41) is 26.5. The number of hydrogen-bond acceptors (Lipinski definition) is 6. The van der Waals surface area contributed by atoms with Gasteiger partial charge in [0.15, 0.2) is 11.5 Å². The van der Waals surface area contributed by atoms with E-state index in [1.165, 1.54) is 11.8 Å². The van der Waals surface area contributed by atoms with Crippen molar-refractivity contribution in [2.24, 2.45) is 0 Å². The van der Waals surface area contributed by atoms with Crippen molar-refractivity contribution in [1.29, 1.82) is 10.5 Å². The summed E-state index contributed by atoms with van der Waals surface area (Å²) in [6.07, 6.45) is 3.50. The quantitative estimate of drug-likeness (QED) is 0.591. The number of nitriles is 2. The zero-order chi connectivity index (χ0) is 15.5. The average Bonchev–Trinajstić information content (AvgIpc) is 3.03. The number of anilines is 2. The molecule has 3 rings (SSSR count). The van der Waals surface area contributed by atoms with Crippen LogP contribution in [0.5, 0.6) is 0 Å². The van der Waals surface area contributed by atoms with Crippen molar-refractivity contribution in [3.63, 3.8) is 0 Å². The Bertz CT molecular complexity index is 931. The summed E-state index contributed by atoms with van der Waals surface area (Å²) < 4.78 is 1.58. The number of nitrogens with one attached hydrogen (secondary N) is 1. The van der Waals surface area contributed by atoms with Crippen LogP contribution in [0.4, 0.5) is 11.5 Å². The minimum Gasteiger partial charge on any atom is -0.339 e. The lowest BCUT2D eigenvalue weighted by Gasteiger charge is -2.12. The monoisotopic (exact) mass is 306 g/mol. The smallest absolute Gasteiger partial charge is 0.158 e. The van der Waals surface area contributed by atoms with Gasteiger partial charge in [-0.15, -0.1) is 11.8 Å². The van der Waals surface area contributed by atoms with Gasteiger partial charge in [0.05, 0.1) is 17.8 Å². The zero-order valence-electron chi connectivity index (χ0n) is 11.6. The summed E-state index contributed by atoms with van der Waals surface area (Å²) in [5.74, 6) is 0.539. The molecule has 106 valence electrons. The molecular formula is C15H10N6S. The predicted octanol–water partition coefficient (Wildman–Crippen LogP) is 2.94. The second-order valence-corrected chi connectivity index (χ2v) is 5.17. The van der Waals surface area contributed by atoms with Crippen molar-refractivity contribution in [3.05, 3.63) is 47.7 Å². The van der Waals surface area contributed by atoms with E-state index in [9.17, 15) is 5.26 Å². The van der Waals surface area contributed by atoms with Crippen molar-refractivity contribution in [2.45, 2.75) is 5.03 Å². The van der Waals surface area contributed by atoms with Crippen LogP contribution in [-0.2, 0) is 0 Å². The molecule has 0 saturated carbocycles. The first-order valence-electron chi connectivity index (χ1n) is 6.36. The highest BCUT2D eigenvalue weighted by molar-refractivity contribution is 7.98. The molecule has 0 atom stereocenters. The summed E-state index contributed by atoms with van der Waals surface area (Å²) in [6.45, 7) is 0. The standard InChI is InChI=1S/C15H10N6S/c1-22-15-12(9-17)14(21-13(20-15)5-6-18-21)19-11-4-2-3-10(7-11)8-16/h2-7,19H,1H3. The molecular weight excluding hydrogens is 296 g/mol. The number of thioether (sulfide) groups is 1. The van der Waals surface area contributed by atoms with Gasteiger partial charge >= 0.3 is 0 Å². The van der Waals surface area contributed by atoms with Gasteiger partial charge in [0.2, 0.25) is 0 Å². The van der Waals surface area contributed by atoms with Gasteiger partial charge in [0, 0.05) is 11.8 Å². The number of nitrogens with zero attached hydrogens (tertiary/aromatic N) is 5. The maximum Gasteiger partial charge on any atom is 0.158 e. The Morgan fingerprint density at radius 2 is 2.09 bits per heavy atom. The molecule has 0 saturated heterocycles. The summed E-state index contributed by atoms with van der Waals surface area (Å²) in [4.78, 5) is 4.41. The van der Waals surface area contributed by atoms with Gasteiger partial charge in [0.1, 0.15) is 16.7 Å². The summed E-state index contributed by atoms with van der Waals surface area (Å²) in [5.41, 5.74) is 2.33. The Hall–Kier alpha value is -3.03. The molecule has 1 aromatic carbocycles. The van der Waals surface area contributed by atoms with Crippen LogP contribution >= 0.6 is 11.8 Å². The fourth-order valence-corrected chi connectivity index (χ4v) is 2.62. The van der Waals surface area contributed by atoms with E-state index in [0.717, 1.165) is 0 Å². The van der Waals surface area contributed by atoms with E-state index in [4.69, 9.17) is 5.26 Å². The van der Waals surface area contributed by atoms with Crippen LogP contribution in [-0.4, -0.2) is 20.9 Å². The van der Waals surface area contributed by atoms with E-state index in [0.29, 0.717) is 33.3 Å². The minimum atomic E-state index is 0.422. The lowest BCUT2D eigenvalue weighted by Crippen LogP contribution is -2.06. The molecule has 0 amide bonds. The van der Waals surface area contributed by atoms with E-state index < -0.39 is 0 Å². The molecule has 0 aliphatic carbocycles. The van der Waals surface area contributed by atoms with Crippen molar-refractivity contribution in [3.8, 4) is 12.1 Å². The topological polar surface area (TPSA) is 89.8 Å². The lowest BCUT2D eigenvalue weighted by molar-refractivity contribution is 0.917. The molecule has 2 heterocycles. The van der Waals surface area contributed by atoms with Crippen molar-refractivity contribution in [2.75, 3.05) is 11.6 Å². The third kappa shape index (κ3) is 2.34. The van der Waals surface area contributed by atoms with Crippen molar-refractivity contribution >= 4 is 28.9 Å². The summed E-state index contributed by atoms with van der Waals surface area (Å²) in [6, 6.07) is 13.1. The van der Waals surface area contributed by atoms with Crippen LogP contribution in [0.3, 0.4) is 0 Å². The Morgan fingerprint density at radius 1 is 1.23 bits per heavy atom. The van der Waals surface area contributed by atoms with E-state index in [2.05, 4.69) is 27.5 Å². The second kappa shape index (κ2) is 5.76. The first-order chi connectivity index (χ1) is 10.8. The average molecular weight is 306 g/mol. The van der Waals surface area contributed by atoms with Crippen LogP contribution < -0.4 is 5.32 Å². The van der Waals surface area contributed by atoms with E-state index >= 15 is 0 Å². The van der Waals surface area contributed by atoms with Crippen molar-refractivity contribution in [1.82, 2.24) is 14.6 Å². The van der Waals surface area contributed by atoms with Gasteiger partial charge < -0.3 is 5.32 Å². The maximum atomic E-state index is 9.47. The number of aromatic nitrogens is 3. The molecule has 0 bridgehead atoms. The largest absolute Gasteiger partial charge is 0.339 e. The molecule has 0 fully saturated rings. The number of benzene rings is 1. The van der Waals surface area contributed by atoms with Gasteiger partial charge in [-0.1, -0.05) is 6.07 Å². The molecule has 1 N–H and O–H groups in total. The molecule has 0 spiro atoms. The third-order valence-corrected chi connectivity index (χ3v) is 3.74. The lowest BCUT2D eigenvalue weighted by atomic mass is 10.2. The molecule has 6 nitrogen and oxygen atoms in total. The molecule has 2 aromatic heterocycles. The summed E-state index contributed by atoms with van der Waals surface area (Å²) in [7, 11) is 0. The Labute approximate surface area is 131 Å². The normalized spacial score (nSPS) is 10.1. The molecule has 0 aliphatic rings. The highest BCUT2D eigenvalue weighted by Gasteiger charge is 2.15. The molecule has 0 unspecified atom stereocenters. The Morgan fingerprint density at radius 3 is 2.82 bits per heavy atom. The zero-order valence-corrected chi connectivity index (χ0v) is 12.4. The molecule has 3 aromatic rings. The van der Waals surface area contributed by atoms with Gasteiger partial charge in [-0.2, -0.15) is 20.1 Å². The first kappa shape index (κ1) is 13.9. The van der Waals surface area contributed by atoms with Crippen LogP contribution in [0.1, 0.15) is 11.1 Å². The van der Waals surface area contributed by atoms with E-state index in [1.807, 2.05) is 12.3 Å². The molecule has 7 heteroatoms. The Balaban J connectivity index is 2.18. The molecule has 0 aliphatic heterocycles. The molecule has 22 heavy (non-hydrogen) atoms. The minimum absolute atomic E-state index is 0.422. The van der Waals surface area contributed by atoms with Gasteiger partial charge in [-0.3, -0.25) is 0 Å². The predicted molar refractivity (Wildman–Crippen MR) is 83.9 cm³/mol. The number of fused-ring (bicyclic) bond motifs is 1. The Kier molecular flexibility index (Phi) is 3.65. The van der Waals surface area contributed by atoms with Gasteiger partial charge in [-0.05, 0) is 24.5 Å². The first-order valence-corrected chi connectivity index (χ1v) is 7.58. The SMILES string of the molecule is CSc1nc2ccnn2c(Nc2cccc(C#N)c2)c1C#N. The highest BCUT2D eigenvalue weighted by atomic mass is 32.2. The fraction of sp³-hybridized carbons (Fsp3) is 0.0667. The van der Waals surface area contributed by atoms with Crippen LogP contribution in [0.2, 0.25) is 0 Å². The van der Waals surface area contributed by atoms with Gasteiger partial charge in [-0.25, -0.2) is 4.98 Å². The van der Waals surface area contributed by atoms with Crippen molar-refractivity contribution < 1.29 is 0 Å². The van der Waals surface area contributed by atoms with Crippen LogP contribution in [0.25, 0.3) is 5.65 Å². The molecule has 0 radical (unpaired) electrons. The van der Waals surface area contributed by atoms with E-state index in [-0.39, 0.29) is 0 Å². The van der Waals surface area contributed by atoms with Gasteiger partial charge in [0.25, 0.3) is 0 Å². The summed E-state index contributed by atoms with van der Waals surface area (Å²) >= 11 is 1.40. The van der Waals surface area contributed by atoms with Crippen LogP contribution in [0, 0.1) is 22.7 Å².